The lowest BCUT2D eigenvalue weighted by molar-refractivity contribution is -0.134. The van der Waals surface area contributed by atoms with E-state index in [-0.39, 0.29) is 11.9 Å². The molecule has 0 N–H and O–H groups in total. The van der Waals surface area contributed by atoms with Crippen LogP contribution in [0.1, 0.15) is 32.4 Å². The van der Waals surface area contributed by atoms with Crippen molar-refractivity contribution in [1.82, 2.24) is 14.7 Å². The predicted molar refractivity (Wildman–Crippen MR) is 101 cm³/mol. The average molecular weight is 379 g/mol. The van der Waals surface area contributed by atoms with Crippen LogP contribution in [0.5, 0.6) is 0 Å². The fraction of sp³-hybridized carbons (Fsp3) is 0.389. The number of nitrogens with zero attached hydrogens (tertiary/aromatic N) is 4. The van der Waals surface area contributed by atoms with E-state index in [4.69, 9.17) is 23.2 Å². The van der Waals surface area contributed by atoms with Crippen LogP contribution in [0.25, 0.3) is 0 Å². The molecule has 2 unspecified atom stereocenters. The van der Waals surface area contributed by atoms with E-state index in [1.165, 1.54) is 0 Å². The molecule has 0 aliphatic carbocycles. The number of aliphatic imine (C=N–C) groups is 1. The van der Waals surface area contributed by atoms with Crippen LogP contribution in [-0.4, -0.2) is 39.4 Å². The van der Waals surface area contributed by atoms with Gasteiger partial charge in [-0.25, -0.2) is 9.67 Å². The Labute approximate surface area is 157 Å². The van der Waals surface area contributed by atoms with E-state index in [2.05, 4.69) is 10.1 Å². The number of hydrogen-bond acceptors (Lipinski definition) is 3. The molecular formula is C18H20Cl2N4O. The van der Waals surface area contributed by atoms with Crippen LogP contribution < -0.4 is 0 Å². The highest BCUT2D eigenvalue weighted by Gasteiger charge is 2.39. The molecule has 0 fully saturated rings. The zero-order valence-corrected chi connectivity index (χ0v) is 15.9. The van der Waals surface area contributed by atoms with Crippen molar-refractivity contribution in [3.8, 4) is 0 Å². The number of amides is 1. The van der Waals surface area contributed by atoms with Crippen molar-refractivity contribution in [3.63, 3.8) is 0 Å². The van der Waals surface area contributed by atoms with E-state index in [0.29, 0.717) is 23.1 Å². The maximum Gasteiger partial charge on any atom is 0.233 e. The number of hydrogen-bond donors (Lipinski definition) is 0. The van der Waals surface area contributed by atoms with Gasteiger partial charge in [0.2, 0.25) is 5.91 Å². The van der Waals surface area contributed by atoms with Crippen LogP contribution in [0.3, 0.4) is 0 Å². The van der Waals surface area contributed by atoms with E-state index < -0.39 is 5.92 Å². The van der Waals surface area contributed by atoms with Crippen molar-refractivity contribution >= 4 is 40.6 Å². The van der Waals surface area contributed by atoms with Gasteiger partial charge in [0, 0.05) is 24.9 Å². The zero-order chi connectivity index (χ0) is 18.1. The van der Waals surface area contributed by atoms with Crippen molar-refractivity contribution in [2.75, 3.05) is 13.1 Å². The van der Waals surface area contributed by atoms with E-state index in [1.54, 1.807) is 23.0 Å². The first-order valence-corrected chi connectivity index (χ1v) is 9.05. The minimum Gasteiger partial charge on any atom is -0.343 e. The molecule has 3 rings (SSSR count). The molecule has 0 saturated carbocycles. The van der Waals surface area contributed by atoms with Crippen molar-refractivity contribution < 1.29 is 4.79 Å². The summed E-state index contributed by atoms with van der Waals surface area (Å²) in [7, 11) is 0. The number of halogens is 2. The quantitative estimate of drug-likeness (QED) is 0.792. The first kappa shape index (κ1) is 18.0. The number of carbonyl (C=O) groups is 1. The van der Waals surface area contributed by atoms with Gasteiger partial charge in [0.05, 0.1) is 22.3 Å². The van der Waals surface area contributed by atoms with Crippen LogP contribution in [0, 0.1) is 5.92 Å². The topological polar surface area (TPSA) is 50.5 Å². The fourth-order valence-electron chi connectivity index (χ4n) is 3.31. The molecule has 25 heavy (non-hydrogen) atoms. The summed E-state index contributed by atoms with van der Waals surface area (Å²) in [6.45, 7) is 7.15. The summed E-state index contributed by atoms with van der Waals surface area (Å²) < 4.78 is 1.79. The Hall–Kier alpha value is -1.85. The number of benzene rings is 1. The summed E-state index contributed by atoms with van der Waals surface area (Å²) in [4.78, 5) is 19.6. The number of fused-ring (bicyclic) bond motifs is 1. The Kier molecular flexibility index (Phi) is 5.16. The molecular weight excluding hydrogens is 359 g/mol. The van der Waals surface area contributed by atoms with E-state index in [1.807, 2.05) is 37.8 Å². The minimum atomic E-state index is -0.426. The summed E-state index contributed by atoms with van der Waals surface area (Å²) in [5.41, 5.74) is 1.67. The molecule has 1 aromatic heterocycles. The van der Waals surface area contributed by atoms with Gasteiger partial charge < -0.3 is 4.90 Å². The van der Waals surface area contributed by atoms with Crippen LogP contribution in [0.2, 0.25) is 10.0 Å². The molecule has 132 valence electrons. The molecule has 0 radical (unpaired) electrons. The van der Waals surface area contributed by atoms with Crippen LogP contribution in [-0.2, 0) is 4.79 Å². The second-order valence-electron chi connectivity index (χ2n) is 5.99. The van der Waals surface area contributed by atoms with Gasteiger partial charge in [0.1, 0.15) is 5.92 Å². The van der Waals surface area contributed by atoms with Crippen molar-refractivity contribution in [1.29, 1.82) is 0 Å². The molecule has 0 bridgehead atoms. The summed E-state index contributed by atoms with van der Waals surface area (Å²) >= 11 is 12.3. The van der Waals surface area contributed by atoms with Crippen molar-refractivity contribution in [3.05, 3.63) is 46.1 Å². The molecule has 7 heteroatoms. The third-order valence-electron chi connectivity index (χ3n) is 4.60. The normalized spacial score (nSPS) is 19.3. The standard InChI is InChI=1S/C18H20Cl2N4O/c1-4-23(5-2)18(25)16-11(3)22-15-8-9-21-24(15)17(16)12-6-7-13(19)14(20)10-12/h6-10,16-17H,4-5H2,1-3H3. The maximum absolute atomic E-state index is 13.2. The lowest BCUT2D eigenvalue weighted by atomic mass is 9.87. The number of rotatable bonds is 4. The monoisotopic (exact) mass is 378 g/mol. The van der Waals surface area contributed by atoms with Crippen LogP contribution >= 0.6 is 23.2 Å². The largest absolute Gasteiger partial charge is 0.343 e. The highest BCUT2D eigenvalue weighted by atomic mass is 35.5. The molecule has 1 aliphatic rings. The highest BCUT2D eigenvalue weighted by molar-refractivity contribution is 6.42. The van der Waals surface area contributed by atoms with E-state index >= 15 is 0 Å². The van der Waals surface area contributed by atoms with Gasteiger partial charge >= 0.3 is 0 Å². The molecule has 2 aromatic rings. The molecule has 1 amide bonds. The Balaban J connectivity index is 2.14. The van der Waals surface area contributed by atoms with E-state index in [0.717, 1.165) is 17.1 Å². The van der Waals surface area contributed by atoms with Crippen molar-refractivity contribution in [2.24, 2.45) is 10.9 Å². The van der Waals surface area contributed by atoms with Gasteiger partial charge in [0.25, 0.3) is 0 Å². The van der Waals surface area contributed by atoms with Gasteiger partial charge in [-0.05, 0) is 38.5 Å². The smallest absolute Gasteiger partial charge is 0.233 e. The predicted octanol–water partition coefficient (Wildman–Crippen LogP) is 4.37. The molecule has 0 spiro atoms. The third kappa shape index (κ3) is 3.18. The van der Waals surface area contributed by atoms with Gasteiger partial charge in [-0.2, -0.15) is 5.10 Å². The summed E-state index contributed by atoms with van der Waals surface area (Å²) in [6.07, 6.45) is 1.70. The molecule has 1 aliphatic heterocycles. The van der Waals surface area contributed by atoms with Gasteiger partial charge in [-0.1, -0.05) is 29.3 Å². The zero-order valence-electron chi connectivity index (χ0n) is 14.4. The number of aromatic nitrogens is 2. The Bertz CT molecular complexity index is 826. The lowest BCUT2D eigenvalue weighted by Crippen LogP contribution is -2.44. The van der Waals surface area contributed by atoms with Gasteiger partial charge in [-0.3, -0.25) is 4.79 Å². The second kappa shape index (κ2) is 7.18. The molecule has 5 nitrogen and oxygen atoms in total. The third-order valence-corrected chi connectivity index (χ3v) is 5.33. The lowest BCUT2D eigenvalue weighted by Gasteiger charge is -2.34. The second-order valence-corrected chi connectivity index (χ2v) is 6.81. The molecule has 0 saturated heterocycles. The molecule has 1 aromatic carbocycles. The van der Waals surface area contributed by atoms with Crippen molar-refractivity contribution in [2.45, 2.75) is 26.8 Å². The SMILES string of the molecule is CCN(CC)C(=O)C1C(C)=Nc2ccnn2C1c1ccc(Cl)c(Cl)c1. The Morgan fingerprint density at radius 2 is 1.92 bits per heavy atom. The van der Waals surface area contributed by atoms with Crippen LogP contribution in [0.4, 0.5) is 5.82 Å². The molecule has 2 atom stereocenters. The highest BCUT2D eigenvalue weighted by Crippen LogP contribution is 2.38. The van der Waals surface area contributed by atoms with E-state index in [9.17, 15) is 4.79 Å². The summed E-state index contributed by atoms with van der Waals surface area (Å²) in [5.74, 6) is 0.352. The van der Waals surface area contributed by atoms with Gasteiger partial charge in [-0.15, -0.1) is 0 Å². The fourth-order valence-corrected chi connectivity index (χ4v) is 3.61. The maximum atomic E-state index is 13.2. The number of carbonyl (C=O) groups excluding carboxylic acids is 1. The minimum absolute atomic E-state index is 0.0449. The Morgan fingerprint density at radius 1 is 1.20 bits per heavy atom. The molecule has 2 heterocycles. The average Bonchev–Trinajstić information content (AvgIpc) is 3.05. The first-order valence-electron chi connectivity index (χ1n) is 8.30. The summed E-state index contributed by atoms with van der Waals surface area (Å²) in [6, 6.07) is 6.99. The first-order chi connectivity index (χ1) is 12.0. The summed E-state index contributed by atoms with van der Waals surface area (Å²) in [5, 5.41) is 5.35. The van der Waals surface area contributed by atoms with Crippen LogP contribution in [0.15, 0.2) is 35.5 Å². The van der Waals surface area contributed by atoms with Gasteiger partial charge in [0.15, 0.2) is 5.82 Å². The Morgan fingerprint density at radius 3 is 2.56 bits per heavy atom.